The van der Waals surface area contributed by atoms with E-state index in [2.05, 4.69) is 14.7 Å². The Hall–Kier alpha value is -3.04. The Morgan fingerprint density at radius 3 is 2.83 bits per heavy atom. The molecule has 0 aliphatic heterocycles. The minimum atomic E-state index is -0.548. The Morgan fingerprint density at radius 1 is 1.27 bits per heavy atom. The molecule has 0 saturated heterocycles. The van der Waals surface area contributed by atoms with E-state index in [-0.39, 0.29) is 32.7 Å². The molecule has 0 bridgehead atoms. The molecule has 154 valence electrons. The van der Waals surface area contributed by atoms with Crippen LogP contribution in [0.5, 0.6) is 5.75 Å². The van der Waals surface area contributed by atoms with Crippen LogP contribution in [-0.4, -0.2) is 21.5 Å². The first-order chi connectivity index (χ1) is 14.4. The number of ether oxygens (including phenoxy) is 1. The average Bonchev–Trinajstić information content (AvgIpc) is 3.07. The molecule has 3 N–H and O–H groups in total. The molecule has 6 nitrogen and oxygen atoms in total. The molecule has 0 radical (unpaired) electrons. The fourth-order valence-electron chi connectivity index (χ4n) is 3.05. The van der Waals surface area contributed by atoms with Crippen molar-refractivity contribution in [3.63, 3.8) is 0 Å². The smallest absolute Gasteiger partial charge is 0.156 e. The summed E-state index contributed by atoms with van der Waals surface area (Å²) in [5.74, 6) is 0.0273. The van der Waals surface area contributed by atoms with Crippen molar-refractivity contribution >= 4 is 40.6 Å². The van der Waals surface area contributed by atoms with Gasteiger partial charge in [-0.3, -0.25) is 4.40 Å². The zero-order valence-electron chi connectivity index (χ0n) is 15.9. The van der Waals surface area contributed by atoms with E-state index in [1.54, 1.807) is 41.9 Å². The molecular formula is C20H16ClF2N5OS. The minimum absolute atomic E-state index is 0.158. The lowest BCUT2D eigenvalue weighted by Crippen LogP contribution is -1.98. The topological polar surface area (TPSA) is 77.5 Å². The summed E-state index contributed by atoms with van der Waals surface area (Å²) in [5.41, 5.74) is 7.31. The van der Waals surface area contributed by atoms with Gasteiger partial charge in [-0.15, -0.1) is 0 Å². The molecule has 2 heterocycles. The first-order valence-electron chi connectivity index (χ1n) is 8.74. The van der Waals surface area contributed by atoms with E-state index >= 15 is 4.39 Å². The first-order valence-corrected chi connectivity index (χ1v) is 9.94. The summed E-state index contributed by atoms with van der Waals surface area (Å²) in [7, 11) is 1.40. The van der Waals surface area contributed by atoms with Gasteiger partial charge in [0.2, 0.25) is 0 Å². The van der Waals surface area contributed by atoms with Crippen LogP contribution < -0.4 is 15.2 Å². The van der Waals surface area contributed by atoms with Gasteiger partial charge >= 0.3 is 0 Å². The van der Waals surface area contributed by atoms with Crippen LogP contribution in [0.2, 0.25) is 5.02 Å². The van der Waals surface area contributed by atoms with Crippen LogP contribution >= 0.6 is 23.5 Å². The minimum Gasteiger partial charge on any atom is -0.495 e. The molecule has 2 aromatic heterocycles. The van der Waals surface area contributed by atoms with Crippen LogP contribution in [0.3, 0.4) is 0 Å². The summed E-state index contributed by atoms with van der Waals surface area (Å²) in [6.45, 7) is 1.79. The average molecular weight is 448 g/mol. The number of nitrogens with zero attached hydrogens (tertiary/aromatic N) is 3. The maximum absolute atomic E-state index is 15.3. The highest BCUT2D eigenvalue weighted by Gasteiger charge is 2.19. The van der Waals surface area contributed by atoms with Gasteiger partial charge in [0.25, 0.3) is 0 Å². The van der Waals surface area contributed by atoms with Gasteiger partial charge in [-0.05, 0) is 37.1 Å². The lowest BCUT2D eigenvalue weighted by Gasteiger charge is -2.11. The highest BCUT2D eigenvalue weighted by molar-refractivity contribution is 8.00. The first kappa shape index (κ1) is 20.2. The normalized spacial score (nSPS) is 11.1. The second kappa shape index (κ2) is 8.00. The number of nitrogens with two attached hydrogens (primary N) is 1. The van der Waals surface area contributed by atoms with Gasteiger partial charge in [-0.2, -0.15) is 0 Å². The quantitative estimate of drug-likeness (QED) is 0.402. The fourth-order valence-corrected chi connectivity index (χ4v) is 4.07. The third-order valence-electron chi connectivity index (χ3n) is 4.49. The van der Waals surface area contributed by atoms with E-state index in [1.165, 1.54) is 19.2 Å². The molecule has 0 aliphatic carbocycles. The molecule has 30 heavy (non-hydrogen) atoms. The number of methoxy groups -OCH3 is 1. The standard InChI is InChI=1S/C20H16ClF2N5OS/c1-10-26-18(19-20(24)25-6-7-28(10)19)11-4-3-5-14(17(11)23)27-30-16-8-12(21)15(29-2)9-13(16)22/h3-9,27H,1-2H3,(H2,24,25). The summed E-state index contributed by atoms with van der Waals surface area (Å²) >= 11 is 6.95. The zero-order chi connectivity index (χ0) is 21.4. The van der Waals surface area contributed by atoms with E-state index in [0.29, 0.717) is 17.0 Å². The molecule has 10 heteroatoms. The zero-order valence-corrected chi connectivity index (χ0v) is 17.5. The van der Waals surface area contributed by atoms with Crippen LogP contribution in [0, 0.1) is 18.6 Å². The Morgan fingerprint density at radius 2 is 2.07 bits per heavy atom. The van der Waals surface area contributed by atoms with E-state index in [9.17, 15) is 4.39 Å². The molecule has 0 saturated carbocycles. The van der Waals surface area contributed by atoms with Crippen molar-refractivity contribution in [1.82, 2.24) is 14.4 Å². The molecule has 0 atom stereocenters. The summed E-state index contributed by atoms with van der Waals surface area (Å²) in [5, 5.41) is 0.250. The largest absolute Gasteiger partial charge is 0.495 e. The number of imidazole rings is 1. The molecule has 2 aromatic carbocycles. The maximum atomic E-state index is 15.3. The van der Waals surface area contributed by atoms with Gasteiger partial charge in [-0.1, -0.05) is 17.7 Å². The molecule has 0 fully saturated rings. The van der Waals surface area contributed by atoms with E-state index in [0.717, 1.165) is 11.9 Å². The van der Waals surface area contributed by atoms with Crippen LogP contribution in [0.1, 0.15) is 5.82 Å². The van der Waals surface area contributed by atoms with Crippen molar-refractivity contribution in [3.05, 3.63) is 65.2 Å². The highest BCUT2D eigenvalue weighted by atomic mass is 35.5. The summed E-state index contributed by atoms with van der Waals surface area (Å²) in [6, 6.07) is 7.40. The second-order valence-electron chi connectivity index (χ2n) is 6.33. The van der Waals surface area contributed by atoms with Crippen LogP contribution in [-0.2, 0) is 0 Å². The van der Waals surface area contributed by atoms with Crippen molar-refractivity contribution in [1.29, 1.82) is 0 Å². The Bertz CT molecular complexity index is 1260. The maximum Gasteiger partial charge on any atom is 0.156 e. The SMILES string of the molecule is COc1cc(F)c(SNc2cccc(-c3nc(C)n4ccnc(N)c34)c2F)cc1Cl. The Labute approximate surface area is 180 Å². The van der Waals surface area contributed by atoms with Crippen molar-refractivity contribution in [2.75, 3.05) is 17.6 Å². The second-order valence-corrected chi connectivity index (χ2v) is 7.58. The number of benzene rings is 2. The molecule has 4 aromatic rings. The number of rotatable bonds is 5. The molecule has 4 rings (SSSR count). The molecule has 0 unspecified atom stereocenters. The van der Waals surface area contributed by atoms with Crippen molar-refractivity contribution in [3.8, 4) is 17.0 Å². The lowest BCUT2D eigenvalue weighted by molar-refractivity contribution is 0.410. The fraction of sp³-hybridized carbons (Fsp3) is 0.100. The highest BCUT2D eigenvalue weighted by Crippen LogP contribution is 2.36. The summed E-state index contributed by atoms with van der Waals surface area (Å²) in [4.78, 5) is 8.74. The molecule has 0 aliphatic rings. The number of fused-ring (bicyclic) bond motifs is 1. The summed E-state index contributed by atoms with van der Waals surface area (Å²) in [6.07, 6.45) is 3.27. The van der Waals surface area contributed by atoms with Gasteiger partial charge in [-0.25, -0.2) is 18.7 Å². The van der Waals surface area contributed by atoms with E-state index in [4.69, 9.17) is 22.1 Å². The van der Waals surface area contributed by atoms with Gasteiger partial charge in [0, 0.05) is 24.0 Å². The van der Waals surface area contributed by atoms with Crippen molar-refractivity contribution in [2.45, 2.75) is 11.8 Å². The van der Waals surface area contributed by atoms with Gasteiger partial charge in [0.15, 0.2) is 5.82 Å². The third kappa shape index (κ3) is 3.50. The van der Waals surface area contributed by atoms with Crippen LogP contribution in [0.25, 0.3) is 16.8 Å². The number of aromatic nitrogens is 3. The van der Waals surface area contributed by atoms with Crippen molar-refractivity contribution in [2.24, 2.45) is 0 Å². The summed E-state index contributed by atoms with van der Waals surface area (Å²) < 4.78 is 39.1. The number of hydrogen-bond donors (Lipinski definition) is 2. The van der Waals surface area contributed by atoms with E-state index < -0.39 is 11.6 Å². The predicted octanol–water partition coefficient (Wildman–Crippen LogP) is 5.35. The Balaban J connectivity index is 1.69. The number of nitrogens with one attached hydrogen (secondary N) is 1. The third-order valence-corrected chi connectivity index (χ3v) is 5.64. The van der Waals surface area contributed by atoms with E-state index in [1.807, 2.05) is 0 Å². The number of halogens is 3. The van der Waals surface area contributed by atoms with Crippen LogP contribution in [0.4, 0.5) is 20.3 Å². The molecular weight excluding hydrogens is 432 g/mol. The van der Waals surface area contributed by atoms with Gasteiger partial charge < -0.3 is 15.2 Å². The number of anilines is 2. The lowest BCUT2D eigenvalue weighted by atomic mass is 10.1. The number of hydrogen-bond acceptors (Lipinski definition) is 6. The van der Waals surface area contributed by atoms with Crippen LogP contribution in [0.15, 0.2) is 47.6 Å². The van der Waals surface area contributed by atoms with Gasteiger partial charge in [0.1, 0.15) is 34.4 Å². The van der Waals surface area contributed by atoms with Gasteiger partial charge in [0.05, 0.1) is 22.7 Å². The monoisotopic (exact) mass is 447 g/mol. The molecule has 0 amide bonds. The Kier molecular flexibility index (Phi) is 5.40. The predicted molar refractivity (Wildman–Crippen MR) is 115 cm³/mol. The number of nitrogen functional groups attached to an aromatic ring is 1. The number of aryl methyl sites for hydroxylation is 1. The molecule has 0 spiro atoms. The van der Waals surface area contributed by atoms with Crippen molar-refractivity contribution < 1.29 is 13.5 Å².